The maximum atomic E-state index is 13.0. The molecule has 0 saturated heterocycles. The van der Waals surface area contributed by atoms with Crippen molar-refractivity contribution in [1.82, 2.24) is 4.98 Å². The van der Waals surface area contributed by atoms with Gasteiger partial charge < -0.3 is 0 Å². The van der Waals surface area contributed by atoms with Gasteiger partial charge in [-0.05, 0) is 33.7 Å². The highest BCUT2D eigenvalue weighted by Gasteiger charge is 2.21. The lowest BCUT2D eigenvalue weighted by molar-refractivity contribution is 0.678. The van der Waals surface area contributed by atoms with Gasteiger partial charge in [-0.3, -0.25) is 4.21 Å². The molecule has 3 rings (SSSR count). The Morgan fingerprint density at radius 2 is 1.55 bits per heavy atom. The largest absolute Gasteiger partial charge is 0.258 e. The molecule has 0 aliphatic carbocycles. The van der Waals surface area contributed by atoms with E-state index < -0.39 is 10.8 Å². The van der Waals surface area contributed by atoms with Crippen molar-refractivity contribution in [3.8, 4) is 0 Å². The molecule has 2 nitrogen and oxygen atoms in total. The summed E-state index contributed by atoms with van der Waals surface area (Å²) in [5.41, 5.74) is 2.18. The van der Waals surface area contributed by atoms with Gasteiger partial charge in [-0.15, -0.1) is 11.3 Å². The van der Waals surface area contributed by atoms with E-state index in [4.69, 9.17) is 0 Å². The van der Waals surface area contributed by atoms with Gasteiger partial charge in [0, 0.05) is 21.9 Å². The Hall–Kier alpha value is -1.05. The molecule has 1 aromatic heterocycles. The van der Waals surface area contributed by atoms with Crippen LogP contribution in [0.3, 0.4) is 0 Å². The van der Waals surface area contributed by atoms with Crippen LogP contribution in [0.5, 0.6) is 0 Å². The number of rotatable bonds is 5. The minimum atomic E-state index is -1.03. The van der Waals surface area contributed by atoms with Gasteiger partial charge in [0.25, 0.3) is 0 Å². The van der Waals surface area contributed by atoms with Crippen LogP contribution >= 0.6 is 33.9 Å². The van der Waals surface area contributed by atoms with E-state index in [0.29, 0.717) is 5.75 Å². The molecule has 3 aromatic rings. The first-order valence-corrected chi connectivity index (χ1v) is 10.1. The summed E-state index contributed by atoms with van der Waals surface area (Å²) in [6.45, 7) is 0. The topological polar surface area (TPSA) is 30.0 Å². The van der Waals surface area contributed by atoms with Crippen molar-refractivity contribution >= 4 is 44.7 Å². The number of benzene rings is 2. The molecule has 0 fully saturated rings. The van der Waals surface area contributed by atoms with E-state index >= 15 is 0 Å². The minimum absolute atomic E-state index is 0.109. The highest BCUT2D eigenvalue weighted by molar-refractivity contribution is 14.1. The number of hydrogen-bond acceptors (Lipinski definition) is 3. The average Bonchev–Trinajstić information content (AvgIpc) is 2.95. The third kappa shape index (κ3) is 3.83. The highest BCUT2D eigenvalue weighted by atomic mass is 127. The molecule has 0 N–H and O–H groups in total. The maximum Gasteiger partial charge on any atom is 0.154 e. The fraction of sp³-hybridized carbons (Fsp3) is 0.118. The summed E-state index contributed by atoms with van der Waals surface area (Å²) < 4.78 is 14.0. The summed E-state index contributed by atoms with van der Waals surface area (Å²) in [6.07, 6.45) is 1.83. The Balaban J connectivity index is 1.93. The van der Waals surface area contributed by atoms with E-state index in [-0.39, 0.29) is 5.25 Å². The van der Waals surface area contributed by atoms with Gasteiger partial charge in [-0.2, -0.15) is 0 Å². The molecule has 1 heterocycles. The first-order valence-electron chi connectivity index (χ1n) is 6.81. The Bertz CT molecular complexity index is 719. The van der Waals surface area contributed by atoms with Gasteiger partial charge in [0.2, 0.25) is 0 Å². The molecule has 22 heavy (non-hydrogen) atoms. The monoisotopic (exact) mass is 439 g/mol. The molecule has 0 aliphatic rings. The van der Waals surface area contributed by atoms with Crippen LogP contribution in [0.1, 0.15) is 21.3 Å². The van der Waals surface area contributed by atoms with Crippen molar-refractivity contribution < 1.29 is 4.21 Å². The summed E-state index contributed by atoms with van der Waals surface area (Å²) in [5.74, 6) is 0.537. The second-order valence-electron chi connectivity index (χ2n) is 4.81. The molecule has 2 aromatic carbocycles. The van der Waals surface area contributed by atoms with Gasteiger partial charge in [0.05, 0.1) is 11.0 Å². The Kier molecular flexibility index (Phi) is 5.38. The molecule has 1 atom stereocenters. The predicted molar refractivity (Wildman–Crippen MR) is 101 cm³/mol. The predicted octanol–water partition coefficient (Wildman–Crippen LogP) is 4.79. The van der Waals surface area contributed by atoms with Crippen LogP contribution in [0.2, 0.25) is 0 Å². The van der Waals surface area contributed by atoms with Crippen LogP contribution in [0, 0.1) is 3.01 Å². The van der Waals surface area contributed by atoms with Crippen molar-refractivity contribution in [1.29, 1.82) is 0 Å². The van der Waals surface area contributed by atoms with E-state index in [9.17, 15) is 4.21 Å². The molecule has 0 radical (unpaired) electrons. The smallest absolute Gasteiger partial charge is 0.154 e. The second-order valence-corrected chi connectivity index (χ2v) is 9.20. The average molecular weight is 439 g/mol. The highest BCUT2D eigenvalue weighted by Crippen LogP contribution is 2.30. The summed E-state index contributed by atoms with van der Waals surface area (Å²) in [4.78, 5) is 5.31. The van der Waals surface area contributed by atoms with Crippen molar-refractivity contribution in [3.05, 3.63) is 85.9 Å². The van der Waals surface area contributed by atoms with Crippen molar-refractivity contribution in [2.24, 2.45) is 0 Å². The quantitative estimate of drug-likeness (QED) is 0.536. The molecule has 5 heteroatoms. The lowest BCUT2D eigenvalue weighted by atomic mass is 10.0. The lowest BCUT2D eigenvalue weighted by Gasteiger charge is -2.17. The SMILES string of the molecule is O=S(Cc1cnc(I)s1)C(c1ccccc1)c1ccccc1. The van der Waals surface area contributed by atoms with E-state index in [1.54, 1.807) is 11.3 Å². The molecule has 0 saturated carbocycles. The Labute approximate surface area is 150 Å². The van der Waals surface area contributed by atoms with Crippen molar-refractivity contribution in [2.45, 2.75) is 11.0 Å². The van der Waals surface area contributed by atoms with Gasteiger partial charge in [0.15, 0.2) is 3.01 Å². The zero-order chi connectivity index (χ0) is 15.4. The van der Waals surface area contributed by atoms with Crippen LogP contribution in [-0.2, 0) is 16.6 Å². The summed E-state index contributed by atoms with van der Waals surface area (Å²) >= 11 is 3.80. The van der Waals surface area contributed by atoms with Crippen LogP contribution in [-0.4, -0.2) is 9.19 Å². The zero-order valence-corrected chi connectivity index (χ0v) is 15.5. The van der Waals surface area contributed by atoms with Crippen molar-refractivity contribution in [2.75, 3.05) is 0 Å². The Morgan fingerprint density at radius 1 is 1.00 bits per heavy atom. The number of nitrogens with zero attached hydrogens (tertiary/aromatic N) is 1. The molecule has 112 valence electrons. The van der Waals surface area contributed by atoms with Crippen LogP contribution < -0.4 is 0 Å². The fourth-order valence-electron chi connectivity index (χ4n) is 2.33. The van der Waals surface area contributed by atoms with Crippen molar-refractivity contribution in [3.63, 3.8) is 0 Å². The summed E-state index contributed by atoms with van der Waals surface area (Å²) in [6, 6.07) is 20.2. The van der Waals surface area contributed by atoms with Crippen LogP contribution in [0.15, 0.2) is 66.9 Å². The lowest BCUT2D eigenvalue weighted by Crippen LogP contribution is -2.10. The molecule has 0 aliphatic heterocycles. The van der Waals surface area contributed by atoms with Gasteiger partial charge in [-0.25, -0.2) is 4.98 Å². The molecule has 0 spiro atoms. The van der Waals surface area contributed by atoms with E-state index in [0.717, 1.165) is 19.0 Å². The Morgan fingerprint density at radius 3 is 2.00 bits per heavy atom. The van der Waals surface area contributed by atoms with Gasteiger partial charge in [-0.1, -0.05) is 60.7 Å². The van der Waals surface area contributed by atoms with Gasteiger partial charge >= 0.3 is 0 Å². The second kappa shape index (κ2) is 7.48. The van der Waals surface area contributed by atoms with E-state index in [2.05, 4.69) is 27.6 Å². The van der Waals surface area contributed by atoms with Crippen LogP contribution in [0.25, 0.3) is 0 Å². The number of hydrogen-bond donors (Lipinski definition) is 0. The zero-order valence-electron chi connectivity index (χ0n) is 11.7. The van der Waals surface area contributed by atoms with E-state index in [1.807, 2.05) is 66.9 Å². The van der Waals surface area contributed by atoms with Gasteiger partial charge in [0.1, 0.15) is 0 Å². The molecular formula is C17H14INOS2. The normalized spacial score (nSPS) is 12.5. The fourth-order valence-corrected chi connectivity index (χ4v) is 5.77. The number of aromatic nitrogens is 1. The molecular weight excluding hydrogens is 425 g/mol. The number of halogens is 1. The third-order valence-electron chi connectivity index (χ3n) is 3.28. The molecule has 1 unspecified atom stereocenters. The molecule has 0 bridgehead atoms. The third-order valence-corrected chi connectivity index (χ3v) is 6.85. The standard InChI is InChI=1S/C17H14INOS2/c18-17-19-11-15(21-17)12-22(20)16(13-7-3-1-4-8-13)14-9-5-2-6-10-14/h1-11,16H,12H2. The first kappa shape index (κ1) is 15.8. The van der Waals surface area contributed by atoms with Crippen LogP contribution in [0.4, 0.5) is 0 Å². The summed E-state index contributed by atoms with van der Waals surface area (Å²) in [5, 5.41) is -0.109. The van der Waals surface area contributed by atoms with E-state index in [1.165, 1.54) is 0 Å². The molecule has 0 amide bonds. The maximum absolute atomic E-state index is 13.0. The summed E-state index contributed by atoms with van der Waals surface area (Å²) in [7, 11) is -1.03. The number of thiazole rings is 1. The minimum Gasteiger partial charge on any atom is -0.258 e. The first-order chi connectivity index (χ1) is 10.7.